The minimum absolute atomic E-state index is 0. The number of amides is 1. The number of nitrogens with one attached hydrogen (secondary N) is 1. The van der Waals surface area contributed by atoms with Crippen LogP contribution in [0.3, 0.4) is 0 Å². The predicted octanol–water partition coefficient (Wildman–Crippen LogP) is -1.66. The molecule has 0 spiro atoms. The van der Waals surface area contributed by atoms with Crippen molar-refractivity contribution in [2.24, 2.45) is 16.3 Å². The van der Waals surface area contributed by atoms with E-state index >= 15 is 0 Å². The van der Waals surface area contributed by atoms with Gasteiger partial charge in [-0.15, -0.1) is 0 Å². The maximum absolute atomic E-state index is 12.3. The average molecular weight is 310 g/mol. The van der Waals surface area contributed by atoms with Crippen molar-refractivity contribution in [2.45, 2.75) is 33.1 Å². The molecule has 2 unspecified atom stereocenters. The third-order valence-electron chi connectivity index (χ3n) is 3.47. The number of rotatable bonds is 6. The third kappa shape index (κ3) is 4.17. The summed E-state index contributed by atoms with van der Waals surface area (Å²) in [5.74, 6) is 0.0953. The third-order valence-corrected chi connectivity index (χ3v) is 4.28. The standard InChI is InChI=1S/C12H20N2O2S2.Na/c1-4-5-8(2)12(6-7-18-3)9(15)13-11(17)14-10(12)16;/h8H,4-7H2,1-3H3,(H2,13,14,15,16,17);/q;+1/p-1. The summed E-state index contributed by atoms with van der Waals surface area (Å²) >= 11 is 6.43. The van der Waals surface area contributed by atoms with Crippen molar-refractivity contribution >= 4 is 40.9 Å². The Morgan fingerprint density at radius 1 is 1.58 bits per heavy atom. The molecule has 0 radical (unpaired) electrons. The summed E-state index contributed by atoms with van der Waals surface area (Å²) in [7, 11) is 0. The molecule has 0 saturated heterocycles. The van der Waals surface area contributed by atoms with E-state index in [1.54, 1.807) is 11.8 Å². The molecule has 0 bridgehead atoms. The second-order valence-corrected chi connectivity index (χ2v) is 5.95. The molecule has 1 rings (SSSR count). The molecule has 1 amide bonds. The van der Waals surface area contributed by atoms with Gasteiger partial charge in [-0.1, -0.05) is 20.3 Å². The summed E-state index contributed by atoms with van der Waals surface area (Å²) in [6.07, 6.45) is 4.25. The van der Waals surface area contributed by atoms with Gasteiger partial charge in [0, 0.05) is 0 Å². The van der Waals surface area contributed by atoms with E-state index in [-0.39, 0.29) is 52.4 Å². The summed E-state index contributed by atoms with van der Waals surface area (Å²) < 4.78 is 0. The maximum atomic E-state index is 12.3. The van der Waals surface area contributed by atoms with Gasteiger partial charge in [0.25, 0.3) is 0 Å². The molecule has 1 aliphatic rings. The van der Waals surface area contributed by atoms with Crippen LogP contribution in [0.15, 0.2) is 4.99 Å². The monoisotopic (exact) mass is 310 g/mol. The smallest absolute Gasteiger partial charge is 0.861 e. The van der Waals surface area contributed by atoms with E-state index in [0.29, 0.717) is 6.42 Å². The molecule has 0 saturated carbocycles. The van der Waals surface area contributed by atoms with Crippen LogP contribution in [0, 0.1) is 11.3 Å². The Morgan fingerprint density at radius 2 is 2.21 bits per heavy atom. The number of hydrogen-bond donors (Lipinski definition) is 1. The number of thiocarbonyl (C=S) groups is 1. The van der Waals surface area contributed by atoms with Gasteiger partial charge in [-0.05, 0) is 48.9 Å². The normalized spacial score (nSPS) is 24.3. The summed E-state index contributed by atoms with van der Waals surface area (Å²) in [5.41, 5.74) is -1.03. The largest absolute Gasteiger partial charge is 1.00 e. The molecule has 0 aliphatic carbocycles. The topological polar surface area (TPSA) is 64.5 Å². The van der Waals surface area contributed by atoms with Gasteiger partial charge in [0.2, 0.25) is 5.91 Å². The molecule has 2 atom stereocenters. The van der Waals surface area contributed by atoms with Gasteiger partial charge < -0.3 is 10.4 Å². The van der Waals surface area contributed by atoms with Crippen LogP contribution in [-0.2, 0) is 4.79 Å². The molecule has 0 aromatic rings. The van der Waals surface area contributed by atoms with Crippen LogP contribution < -0.4 is 40.0 Å². The van der Waals surface area contributed by atoms with Crippen LogP contribution >= 0.6 is 24.0 Å². The number of carbonyl (C=O) groups excluding carboxylic acids is 1. The number of thioether (sulfide) groups is 1. The Balaban J connectivity index is 0.00000324. The van der Waals surface area contributed by atoms with Gasteiger partial charge in [0.05, 0.1) is 5.41 Å². The number of nitrogens with zero attached hydrogens (tertiary/aromatic N) is 1. The summed E-state index contributed by atoms with van der Waals surface area (Å²) in [6, 6.07) is 0. The Kier molecular flexibility index (Phi) is 8.79. The molecule has 0 aromatic carbocycles. The van der Waals surface area contributed by atoms with Gasteiger partial charge in [-0.25, -0.2) is 4.99 Å². The van der Waals surface area contributed by atoms with Crippen molar-refractivity contribution in [2.75, 3.05) is 12.0 Å². The first kappa shape index (κ1) is 19.4. The second-order valence-electron chi connectivity index (χ2n) is 4.58. The fraction of sp³-hybridized carbons (Fsp3) is 0.750. The van der Waals surface area contributed by atoms with Crippen molar-refractivity contribution in [1.29, 1.82) is 0 Å². The Labute approximate surface area is 146 Å². The zero-order valence-corrected chi connectivity index (χ0v) is 15.6. The number of carbonyl (C=O) groups is 1. The summed E-state index contributed by atoms with van der Waals surface area (Å²) in [6.45, 7) is 4.00. The van der Waals surface area contributed by atoms with E-state index in [9.17, 15) is 9.90 Å². The predicted molar refractivity (Wildman–Crippen MR) is 77.7 cm³/mol. The van der Waals surface area contributed by atoms with E-state index in [2.05, 4.69) is 10.3 Å². The Morgan fingerprint density at radius 3 is 2.68 bits per heavy atom. The molecule has 4 nitrogen and oxygen atoms in total. The first-order chi connectivity index (χ1) is 8.48. The van der Waals surface area contributed by atoms with Crippen molar-refractivity contribution in [3.8, 4) is 0 Å². The van der Waals surface area contributed by atoms with Crippen molar-refractivity contribution < 1.29 is 39.5 Å². The second kappa shape index (κ2) is 8.62. The summed E-state index contributed by atoms with van der Waals surface area (Å²) in [5, 5.41) is 14.8. The molecule has 0 aromatic heterocycles. The molecule has 0 fully saturated rings. The Hall–Kier alpha value is 0.380. The van der Waals surface area contributed by atoms with E-state index in [4.69, 9.17) is 12.2 Å². The fourth-order valence-electron chi connectivity index (χ4n) is 2.37. The van der Waals surface area contributed by atoms with Crippen LogP contribution in [0.5, 0.6) is 0 Å². The zero-order chi connectivity index (χ0) is 13.8. The van der Waals surface area contributed by atoms with Gasteiger partial charge in [0.15, 0.2) is 5.11 Å². The first-order valence-electron chi connectivity index (χ1n) is 6.09. The van der Waals surface area contributed by atoms with Crippen LogP contribution in [0.1, 0.15) is 33.1 Å². The fourth-order valence-corrected chi connectivity index (χ4v) is 3.07. The molecule has 1 heterocycles. The quantitative estimate of drug-likeness (QED) is 0.471. The van der Waals surface area contributed by atoms with Crippen molar-refractivity contribution in [3.05, 3.63) is 0 Å². The first-order valence-corrected chi connectivity index (χ1v) is 7.89. The molecule has 19 heavy (non-hydrogen) atoms. The maximum Gasteiger partial charge on any atom is 1.00 e. The van der Waals surface area contributed by atoms with Gasteiger partial charge in [-0.3, -0.25) is 4.79 Å². The van der Waals surface area contributed by atoms with Crippen molar-refractivity contribution in [1.82, 2.24) is 5.32 Å². The number of hydrogen-bond acceptors (Lipinski definition) is 4. The van der Waals surface area contributed by atoms with E-state index in [1.165, 1.54) is 0 Å². The van der Waals surface area contributed by atoms with Crippen LogP contribution in [0.25, 0.3) is 0 Å². The minimum atomic E-state index is -1.03. The van der Waals surface area contributed by atoms with Gasteiger partial charge in [-0.2, -0.15) is 11.8 Å². The zero-order valence-electron chi connectivity index (χ0n) is 12.0. The number of aliphatic imine (C=N–C) groups is 1. The van der Waals surface area contributed by atoms with Crippen LogP contribution in [0.4, 0.5) is 0 Å². The molecular weight excluding hydrogens is 291 g/mol. The van der Waals surface area contributed by atoms with Gasteiger partial charge >= 0.3 is 29.6 Å². The SMILES string of the molecule is CCCC(C)C1(CCSC)C(=O)NC(=S)N=C1[O-].[Na+]. The molecule has 102 valence electrons. The minimum Gasteiger partial charge on any atom is -0.861 e. The van der Waals surface area contributed by atoms with Crippen molar-refractivity contribution in [3.63, 3.8) is 0 Å². The van der Waals surface area contributed by atoms with E-state index in [0.717, 1.165) is 18.6 Å². The average Bonchev–Trinajstić information content (AvgIpc) is 2.28. The molecule has 1 N–H and O–H groups in total. The summed E-state index contributed by atoms with van der Waals surface area (Å²) in [4.78, 5) is 16.1. The van der Waals surface area contributed by atoms with E-state index < -0.39 is 5.41 Å². The van der Waals surface area contributed by atoms with Gasteiger partial charge in [0.1, 0.15) is 0 Å². The Bertz CT molecular complexity index is 377. The van der Waals surface area contributed by atoms with Crippen LogP contribution in [-0.4, -0.2) is 28.9 Å². The van der Waals surface area contributed by atoms with E-state index in [1.807, 2.05) is 20.1 Å². The molecule has 7 heteroatoms. The molecular formula is C12H19N2NaO2S2. The molecule has 1 aliphatic heterocycles. The van der Waals surface area contributed by atoms with Crippen LogP contribution in [0.2, 0.25) is 0 Å².